The molecule has 0 aliphatic rings. The van der Waals surface area contributed by atoms with Gasteiger partial charge in [-0.2, -0.15) is 0 Å². The fraction of sp³-hybridized carbons (Fsp3) is 0.208. The van der Waals surface area contributed by atoms with Crippen LogP contribution < -0.4 is 5.32 Å². The van der Waals surface area contributed by atoms with Gasteiger partial charge in [0.25, 0.3) is 0 Å². The summed E-state index contributed by atoms with van der Waals surface area (Å²) in [6.07, 6.45) is 3.34. The van der Waals surface area contributed by atoms with E-state index in [-0.39, 0.29) is 0 Å². The SMILES string of the molecule is COCCN=Cc1c(-c2ccccc2C)nc2c3cc(NC(=O)OC)ccc3ccn12. The van der Waals surface area contributed by atoms with Crippen LogP contribution in [0.4, 0.5) is 10.5 Å². The van der Waals surface area contributed by atoms with Crippen molar-refractivity contribution in [3.8, 4) is 11.3 Å². The van der Waals surface area contributed by atoms with Gasteiger partial charge in [0.05, 0.1) is 31.6 Å². The number of carbonyl (C=O) groups is 1. The first kappa shape index (κ1) is 20.6. The molecule has 0 aliphatic carbocycles. The van der Waals surface area contributed by atoms with Crippen molar-refractivity contribution in [1.82, 2.24) is 9.38 Å². The second-order valence-electron chi connectivity index (χ2n) is 7.12. The normalized spacial score (nSPS) is 11.5. The van der Waals surface area contributed by atoms with Crippen molar-refractivity contribution in [3.63, 3.8) is 0 Å². The van der Waals surface area contributed by atoms with Crippen LogP contribution in [0.2, 0.25) is 0 Å². The summed E-state index contributed by atoms with van der Waals surface area (Å²) >= 11 is 0. The molecule has 0 fully saturated rings. The summed E-state index contributed by atoms with van der Waals surface area (Å²) in [5, 5.41) is 4.66. The number of nitrogens with one attached hydrogen (secondary N) is 1. The first-order valence-corrected chi connectivity index (χ1v) is 9.97. The molecule has 0 unspecified atom stereocenters. The van der Waals surface area contributed by atoms with Crippen LogP contribution in [-0.4, -0.2) is 49.1 Å². The Morgan fingerprint density at radius 3 is 2.81 bits per heavy atom. The van der Waals surface area contributed by atoms with Gasteiger partial charge in [0, 0.05) is 36.2 Å². The Morgan fingerprint density at radius 2 is 2.03 bits per heavy atom. The highest BCUT2D eigenvalue weighted by Crippen LogP contribution is 2.30. The number of aromatic nitrogens is 2. The van der Waals surface area contributed by atoms with Crippen LogP contribution in [0, 0.1) is 6.92 Å². The van der Waals surface area contributed by atoms with Crippen molar-refractivity contribution in [2.75, 3.05) is 32.7 Å². The summed E-state index contributed by atoms with van der Waals surface area (Å²) in [4.78, 5) is 21.2. The third-order valence-electron chi connectivity index (χ3n) is 5.12. The van der Waals surface area contributed by atoms with Crippen molar-refractivity contribution in [2.24, 2.45) is 4.99 Å². The van der Waals surface area contributed by atoms with E-state index in [0.29, 0.717) is 18.8 Å². The molecule has 0 atom stereocenters. The number of ether oxygens (including phenoxy) is 2. The number of aryl methyl sites for hydroxylation is 1. The van der Waals surface area contributed by atoms with Gasteiger partial charge in [-0.05, 0) is 36.1 Å². The highest BCUT2D eigenvalue weighted by molar-refractivity contribution is 6.01. The number of aliphatic imine (C=N–C) groups is 1. The number of nitrogens with zero attached hydrogens (tertiary/aromatic N) is 3. The minimum Gasteiger partial charge on any atom is -0.453 e. The molecular formula is C24H24N4O3. The van der Waals surface area contributed by atoms with Gasteiger partial charge >= 0.3 is 6.09 Å². The number of benzene rings is 2. The molecular weight excluding hydrogens is 392 g/mol. The highest BCUT2D eigenvalue weighted by Gasteiger charge is 2.16. The fourth-order valence-corrected chi connectivity index (χ4v) is 3.54. The quantitative estimate of drug-likeness (QED) is 0.365. The van der Waals surface area contributed by atoms with E-state index in [1.807, 2.05) is 53.2 Å². The van der Waals surface area contributed by atoms with E-state index >= 15 is 0 Å². The minimum absolute atomic E-state index is 0.513. The molecule has 0 aliphatic heterocycles. The Kier molecular flexibility index (Phi) is 5.95. The molecule has 4 aromatic rings. The zero-order valence-electron chi connectivity index (χ0n) is 17.8. The number of imidazole rings is 1. The number of pyridine rings is 1. The Balaban J connectivity index is 1.93. The van der Waals surface area contributed by atoms with Crippen LogP contribution in [0.5, 0.6) is 0 Å². The Labute approximate surface area is 180 Å². The maximum absolute atomic E-state index is 11.7. The lowest BCUT2D eigenvalue weighted by Crippen LogP contribution is -2.10. The van der Waals surface area contributed by atoms with E-state index in [1.54, 1.807) is 7.11 Å². The first-order chi connectivity index (χ1) is 15.1. The average Bonchev–Trinajstić information content (AvgIpc) is 3.15. The largest absolute Gasteiger partial charge is 0.453 e. The molecule has 2 aromatic heterocycles. The Hall–Kier alpha value is -3.71. The number of hydrogen-bond donors (Lipinski definition) is 1. The molecule has 0 radical (unpaired) electrons. The summed E-state index contributed by atoms with van der Waals surface area (Å²) in [5.41, 5.74) is 5.37. The predicted molar refractivity (Wildman–Crippen MR) is 123 cm³/mol. The van der Waals surface area contributed by atoms with Gasteiger partial charge in [0.15, 0.2) is 0 Å². The second-order valence-corrected chi connectivity index (χ2v) is 7.12. The molecule has 2 heterocycles. The van der Waals surface area contributed by atoms with E-state index < -0.39 is 6.09 Å². The van der Waals surface area contributed by atoms with Crippen molar-refractivity contribution in [3.05, 3.63) is 66.0 Å². The van der Waals surface area contributed by atoms with E-state index in [1.165, 1.54) is 7.11 Å². The number of hydrogen-bond acceptors (Lipinski definition) is 5. The molecule has 0 bridgehead atoms. The number of methoxy groups -OCH3 is 2. The number of carbonyl (C=O) groups excluding carboxylic acids is 1. The highest BCUT2D eigenvalue weighted by atomic mass is 16.5. The predicted octanol–water partition coefficient (Wildman–Crippen LogP) is 4.71. The number of rotatable bonds is 6. The first-order valence-electron chi connectivity index (χ1n) is 9.97. The molecule has 4 rings (SSSR count). The Bertz CT molecular complexity index is 1280. The minimum atomic E-state index is -0.513. The molecule has 31 heavy (non-hydrogen) atoms. The van der Waals surface area contributed by atoms with Gasteiger partial charge in [-0.3, -0.25) is 14.7 Å². The van der Waals surface area contributed by atoms with Crippen LogP contribution in [0.1, 0.15) is 11.3 Å². The lowest BCUT2D eigenvalue weighted by Gasteiger charge is -2.07. The van der Waals surface area contributed by atoms with Gasteiger partial charge in [-0.25, -0.2) is 9.78 Å². The average molecular weight is 416 g/mol. The molecule has 0 saturated heterocycles. The van der Waals surface area contributed by atoms with Gasteiger partial charge in [0.1, 0.15) is 5.65 Å². The molecule has 1 amide bonds. The van der Waals surface area contributed by atoms with E-state index in [9.17, 15) is 4.79 Å². The molecule has 7 nitrogen and oxygen atoms in total. The number of amides is 1. The van der Waals surface area contributed by atoms with E-state index in [0.717, 1.165) is 38.9 Å². The standard InChI is InChI=1S/C24H24N4O3/c1-16-6-4-5-7-19(16)22-21(15-25-11-13-30-2)28-12-10-17-8-9-18(26-24(29)31-3)14-20(17)23(28)27-22/h4-10,12,14-15H,11,13H2,1-3H3,(H,26,29). The third-order valence-corrected chi connectivity index (χ3v) is 5.12. The summed E-state index contributed by atoms with van der Waals surface area (Å²) in [5.74, 6) is 0. The zero-order chi connectivity index (χ0) is 21.8. The van der Waals surface area contributed by atoms with Gasteiger partial charge in [-0.15, -0.1) is 0 Å². The summed E-state index contributed by atoms with van der Waals surface area (Å²) in [6.45, 7) is 3.19. The monoisotopic (exact) mass is 416 g/mol. The second kappa shape index (κ2) is 8.97. The smallest absolute Gasteiger partial charge is 0.411 e. The van der Waals surface area contributed by atoms with Crippen LogP contribution in [-0.2, 0) is 9.47 Å². The molecule has 2 aromatic carbocycles. The maximum Gasteiger partial charge on any atom is 0.411 e. The summed E-state index contributed by atoms with van der Waals surface area (Å²) in [7, 11) is 3.00. The van der Waals surface area contributed by atoms with Crippen molar-refractivity contribution in [1.29, 1.82) is 0 Å². The van der Waals surface area contributed by atoms with Crippen molar-refractivity contribution >= 4 is 34.4 Å². The van der Waals surface area contributed by atoms with Crippen LogP contribution in [0.3, 0.4) is 0 Å². The molecule has 158 valence electrons. The van der Waals surface area contributed by atoms with Gasteiger partial charge < -0.3 is 9.47 Å². The maximum atomic E-state index is 11.7. The van der Waals surface area contributed by atoms with Gasteiger partial charge in [-0.1, -0.05) is 30.3 Å². The van der Waals surface area contributed by atoms with E-state index in [2.05, 4.69) is 29.4 Å². The molecule has 1 N–H and O–H groups in total. The van der Waals surface area contributed by atoms with E-state index in [4.69, 9.17) is 14.5 Å². The zero-order valence-corrected chi connectivity index (χ0v) is 17.8. The van der Waals surface area contributed by atoms with Gasteiger partial charge in [0.2, 0.25) is 0 Å². The van der Waals surface area contributed by atoms with Crippen LogP contribution in [0.25, 0.3) is 27.7 Å². The number of fused-ring (bicyclic) bond motifs is 3. The third kappa shape index (κ3) is 4.13. The lowest BCUT2D eigenvalue weighted by atomic mass is 10.0. The number of anilines is 1. The lowest BCUT2D eigenvalue weighted by molar-refractivity contribution is 0.187. The summed E-state index contributed by atoms with van der Waals surface area (Å²) in [6, 6.07) is 15.9. The van der Waals surface area contributed by atoms with Crippen LogP contribution in [0.15, 0.2) is 59.7 Å². The topological polar surface area (TPSA) is 77.2 Å². The molecule has 7 heteroatoms. The summed E-state index contributed by atoms with van der Waals surface area (Å²) < 4.78 is 11.9. The fourth-order valence-electron chi connectivity index (χ4n) is 3.54. The van der Waals surface area contributed by atoms with Crippen molar-refractivity contribution < 1.29 is 14.3 Å². The van der Waals surface area contributed by atoms with Crippen LogP contribution >= 0.6 is 0 Å². The molecule has 0 spiro atoms. The molecule has 0 saturated carbocycles. The Morgan fingerprint density at radius 1 is 1.19 bits per heavy atom. The van der Waals surface area contributed by atoms with Crippen molar-refractivity contribution in [2.45, 2.75) is 6.92 Å².